The maximum absolute atomic E-state index is 12.2. The number of ether oxygens (including phenoxy) is 2. The molecule has 0 radical (unpaired) electrons. The molecule has 4 rings (SSSR count). The molecule has 1 aromatic carbocycles. The first kappa shape index (κ1) is 24.9. The lowest BCUT2D eigenvalue weighted by Gasteiger charge is -2.36. The highest BCUT2D eigenvalue weighted by Gasteiger charge is 2.27. The molecule has 3 aromatic rings. The molecule has 0 spiro atoms. The molecule has 8 heteroatoms. The maximum atomic E-state index is 12.2. The highest BCUT2D eigenvalue weighted by atomic mass is 16.6. The van der Waals surface area contributed by atoms with Gasteiger partial charge in [0.05, 0.1) is 12.2 Å². The number of phenols is 1. The number of nitrogens with zero attached hydrogens (tertiary/aromatic N) is 2. The van der Waals surface area contributed by atoms with Gasteiger partial charge in [-0.05, 0) is 61.6 Å². The Morgan fingerprint density at radius 2 is 2.14 bits per heavy atom. The smallest absolute Gasteiger partial charge is 0.336 e. The zero-order chi connectivity index (χ0) is 24.8. The summed E-state index contributed by atoms with van der Waals surface area (Å²) in [6.07, 6.45) is 7.23. The van der Waals surface area contributed by atoms with Gasteiger partial charge >= 0.3 is 11.6 Å². The van der Waals surface area contributed by atoms with Crippen LogP contribution in [0.25, 0.3) is 11.0 Å². The van der Waals surface area contributed by atoms with Gasteiger partial charge in [-0.15, -0.1) is 0 Å². The number of rotatable bonds is 9. The van der Waals surface area contributed by atoms with E-state index in [9.17, 15) is 14.7 Å². The van der Waals surface area contributed by atoms with Crippen LogP contribution in [-0.2, 0) is 27.2 Å². The molecule has 1 aliphatic heterocycles. The molecule has 3 heterocycles. The van der Waals surface area contributed by atoms with Gasteiger partial charge < -0.3 is 19.0 Å². The maximum Gasteiger partial charge on any atom is 0.336 e. The lowest BCUT2D eigenvalue weighted by Crippen LogP contribution is -2.33. The van der Waals surface area contributed by atoms with Crippen molar-refractivity contribution in [2.24, 2.45) is 0 Å². The fourth-order valence-corrected chi connectivity index (χ4v) is 4.79. The molecule has 186 valence electrons. The van der Waals surface area contributed by atoms with Gasteiger partial charge in [0.1, 0.15) is 17.9 Å². The number of pyridine rings is 1. The Kier molecular flexibility index (Phi) is 8.15. The Balaban J connectivity index is 1.68. The summed E-state index contributed by atoms with van der Waals surface area (Å²) in [5.74, 6) is -0.293. The second-order valence-electron chi connectivity index (χ2n) is 8.97. The van der Waals surface area contributed by atoms with Gasteiger partial charge in [0.15, 0.2) is 0 Å². The Morgan fingerprint density at radius 1 is 1.29 bits per heavy atom. The number of aryl methyl sites for hydroxylation is 2. The molecule has 1 fully saturated rings. The molecule has 1 aliphatic rings. The van der Waals surface area contributed by atoms with Crippen molar-refractivity contribution in [3.05, 3.63) is 69.3 Å². The lowest BCUT2D eigenvalue weighted by molar-refractivity contribution is -0.144. The molecular weight excluding hydrogens is 448 g/mol. The van der Waals surface area contributed by atoms with Crippen LogP contribution in [0.5, 0.6) is 5.75 Å². The van der Waals surface area contributed by atoms with E-state index < -0.39 is 5.63 Å². The van der Waals surface area contributed by atoms with Crippen molar-refractivity contribution in [1.29, 1.82) is 0 Å². The zero-order valence-corrected chi connectivity index (χ0v) is 20.3. The first-order valence-corrected chi connectivity index (χ1v) is 12.0. The summed E-state index contributed by atoms with van der Waals surface area (Å²) in [4.78, 5) is 31.0. The first-order valence-electron chi connectivity index (χ1n) is 12.0. The quantitative estimate of drug-likeness (QED) is 0.278. The Labute approximate surface area is 204 Å². The number of likely N-dealkylation sites (tertiary alicyclic amines) is 1. The number of phenolic OH excluding ortho intramolecular Hbond substituents is 1. The molecule has 35 heavy (non-hydrogen) atoms. The Hall–Kier alpha value is -3.23. The molecule has 0 unspecified atom stereocenters. The molecule has 1 atom stereocenters. The number of piperidine rings is 1. The van der Waals surface area contributed by atoms with E-state index in [1.54, 1.807) is 13.3 Å². The monoisotopic (exact) mass is 480 g/mol. The number of aromatic hydroxyl groups is 1. The molecule has 0 amide bonds. The summed E-state index contributed by atoms with van der Waals surface area (Å²) in [5.41, 5.74) is 3.04. The van der Waals surface area contributed by atoms with Crippen LogP contribution < -0.4 is 5.63 Å². The van der Waals surface area contributed by atoms with E-state index >= 15 is 0 Å². The number of methoxy groups -OCH3 is 1. The van der Waals surface area contributed by atoms with Crippen molar-refractivity contribution >= 4 is 16.9 Å². The van der Waals surface area contributed by atoms with Crippen LogP contribution in [0, 0.1) is 6.92 Å². The number of hydrogen-bond acceptors (Lipinski definition) is 8. The highest BCUT2D eigenvalue weighted by Crippen LogP contribution is 2.38. The number of aromatic nitrogens is 1. The van der Waals surface area contributed by atoms with Crippen molar-refractivity contribution in [2.45, 2.75) is 51.6 Å². The van der Waals surface area contributed by atoms with Crippen molar-refractivity contribution in [3.63, 3.8) is 0 Å². The average molecular weight is 481 g/mol. The molecule has 0 bridgehead atoms. The first-order chi connectivity index (χ1) is 17.0. The van der Waals surface area contributed by atoms with Gasteiger partial charge in [0, 0.05) is 50.0 Å². The average Bonchev–Trinajstić information content (AvgIpc) is 2.86. The number of carbonyl (C=O) groups excluding carboxylic acids is 1. The second kappa shape index (κ2) is 11.5. The third kappa shape index (κ3) is 5.89. The highest BCUT2D eigenvalue weighted by molar-refractivity contribution is 5.86. The van der Waals surface area contributed by atoms with E-state index in [2.05, 4.69) is 16.0 Å². The summed E-state index contributed by atoms with van der Waals surface area (Å²) in [6, 6.07) is 7.42. The molecular formula is C27H32N2O6. The van der Waals surface area contributed by atoms with Crippen LogP contribution in [0.4, 0.5) is 0 Å². The van der Waals surface area contributed by atoms with E-state index in [0.29, 0.717) is 36.3 Å². The summed E-state index contributed by atoms with van der Waals surface area (Å²) in [7, 11) is 1.55. The van der Waals surface area contributed by atoms with Crippen molar-refractivity contribution < 1.29 is 23.8 Å². The van der Waals surface area contributed by atoms with Gasteiger partial charge in [-0.25, -0.2) is 4.79 Å². The van der Waals surface area contributed by atoms with Crippen LogP contribution in [0.15, 0.2) is 45.9 Å². The third-order valence-electron chi connectivity index (χ3n) is 6.58. The minimum absolute atomic E-state index is 0.0615. The summed E-state index contributed by atoms with van der Waals surface area (Å²) in [5, 5.41) is 12.1. The predicted molar refractivity (Wildman–Crippen MR) is 131 cm³/mol. The van der Waals surface area contributed by atoms with Gasteiger partial charge in [-0.2, -0.15) is 0 Å². The van der Waals surface area contributed by atoms with Gasteiger partial charge in [-0.3, -0.25) is 14.7 Å². The zero-order valence-electron chi connectivity index (χ0n) is 20.3. The van der Waals surface area contributed by atoms with E-state index in [1.807, 2.05) is 25.3 Å². The van der Waals surface area contributed by atoms with E-state index in [-0.39, 0.29) is 30.8 Å². The normalized spacial score (nSPS) is 16.5. The van der Waals surface area contributed by atoms with Crippen molar-refractivity contribution in [3.8, 4) is 5.75 Å². The summed E-state index contributed by atoms with van der Waals surface area (Å²) >= 11 is 0. The Morgan fingerprint density at radius 3 is 2.91 bits per heavy atom. The van der Waals surface area contributed by atoms with Gasteiger partial charge in [-0.1, -0.05) is 12.5 Å². The minimum Gasteiger partial charge on any atom is -0.507 e. The predicted octanol–water partition coefficient (Wildman–Crippen LogP) is 4.05. The Bertz CT molecular complexity index is 1220. The molecule has 2 aromatic heterocycles. The summed E-state index contributed by atoms with van der Waals surface area (Å²) in [6.45, 7) is 3.65. The van der Waals surface area contributed by atoms with Crippen molar-refractivity contribution in [2.75, 3.05) is 26.9 Å². The fraction of sp³-hybridized carbons (Fsp3) is 0.444. The van der Waals surface area contributed by atoms with Crippen molar-refractivity contribution in [1.82, 2.24) is 9.88 Å². The van der Waals surface area contributed by atoms with Crippen LogP contribution in [0.3, 0.4) is 0 Å². The topological polar surface area (TPSA) is 102 Å². The van der Waals surface area contributed by atoms with Crippen LogP contribution in [0.2, 0.25) is 0 Å². The number of carbonyl (C=O) groups is 1. The lowest BCUT2D eigenvalue weighted by atomic mass is 9.94. The van der Waals surface area contributed by atoms with E-state index in [0.717, 1.165) is 42.3 Å². The second-order valence-corrected chi connectivity index (χ2v) is 8.97. The number of fused-ring (bicyclic) bond motifs is 1. The minimum atomic E-state index is -0.451. The van der Waals surface area contributed by atoms with Crippen LogP contribution >= 0.6 is 0 Å². The number of esters is 1. The van der Waals surface area contributed by atoms with E-state index in [4.69, 9.17) is 13.9 Å². The standard InChI is InChI=1S/C27H32N2O6/c1-18-14-25(31)35-27-21(18)15-19(8-9-24(30)34-13-12-33-2)26(32)22(27)17-29-11-4-3-7-23(29)20-6-5-10-28-16-20/h5-6,10,14-16,23,32H,3-4,7-9,11-13,17H2,1-2H3/t23-/m0/s1. The van der Waals surface area contributed by atoms with Gasteiger partial charge in [0.2, 0.25) is 0 Å². The van der Waals surface area contributed by atoms with Gasteiger partial charge in [0.25, 0.3) is 0 Å². The van der Waals surface area contributed by atoms with Crippen LogP contribution in [-0.4, -0.2) is 47.8 Å². The van der Waals surface area contributed by atoms with Crippen LogP contribution in [0.1, 0.15) is 54.0 Å². The summed E-state index contributed by atoms with van der Waals surface area (Å²) < 4.78 is 15.7. The molecule has 8 nitrogen and oxygen atoms in total. The molecule has 1 saturated heterocycles. The SMILES string of the molecule is COCCOC(=O)CCc1cc2c(C)cc(=O)oc2c(CN2CCCC[C@H]2c2cccnc2)c1O. The largest absolute Gasteiger partial charge is 0.507 e. The molecule has 1 N–H and O–H groups in total. The fourth-order valence-electron chi connectivity index (χ4n) is 4.79. The number of hydrogen-bond donors (Lipinski definition) is 1. The third-order valence-corrected chi connectivity index (χ3v) is 6.58. The van der Waals surface area contributed by atoms with E-state index in [1.165, 1.54) is 6.07 Å². The molecule has 0 aliphatic carbocycles. The number of benzene rings is 1. The molecule has 0 saturated carbocycles.